The van der Waals surface area contributed by atoms with Crippen LogP contribution in [0.5, 0.6) is 11.5 Å². The summed E-state index contributed by atoms with van der Waals surface area (Å²) < 4.78 is 5.28. The van der Waals surface area contributed by atoms with Crippen LogP contribution in [0.3, 0.4) is 0 Å². The molecule has 2 N–H and O–H groups in total. The van der Waals surface area contributed by atoms with Gasteiger partial charge in [-0.25, -0.2) is 0 Å². The number of benzene rings is 2. The Labute approximate surface area is 157 Å². The summed E-state index contributed by atoms with van der Waals surface area (Å²) in [7, 11) is 1.70. The maximum atomic E-state index is 9.38. The van der Waals surface area contributed by atoms with E-state index in [4.69, 9.17) is 4.74 Å². The van der Waals surface area contributed by atoms with E-state index < -0.39 is 0 Å². The highest BCUT2D eigenvalue weighted by Gasteiger charge is 2.14. The Morgan fingerprint density at radius 2 is 1.65 bits per heavy atom. The molecule has 1 fully saturated rings. The van der Waals surface area contributed by atoms with Crippen molar-refractivity contribution in [2.45, 2.75) is 39.5 Å². The molecule has 0 spiro atoms. The van der Waals surface area contributed by atoms with E-state index >= 15 is 0 Å². The summed E-state index contributed by atoms with van der Waals surface area (Å²) in [6.07, 6.45) is 7.13. The monoisotopic (exact) mass is 353 g/mol. The van der Waals surface area contributed by atoms with Crippen molar-refractivity contribution in [3.05, 3.63) is 65.2 Å². The minimum absolute atomic E-state index is 0.301. The molecule has 3 heteroatoms. The first-order valence-electron chi connectivity index (χ1n) is 9.65. The lowest BCUT2D eigenvalue weighted by atomic mass is 9.87. The highest BCUT2D eigenvalue weighted by molar-refractivity contribution is 5.83. The zero-order chi connectivity index (χ0) is 18.8. The Morgan fingerprint density at radius 1 is 0.962 bits per heavy atom. The predicted octanol–water partition coefficient (Wildman–Crippen LogP) is 5.17. The maximum Gasteiger partial charge on any atom is 0.119 e. The Balaban J connectivity index is 0.000000295. The van der Waals surface area contributed by atoms with Crippen LogP contribution >= 0.6 is 0 Å². The summed E-state index contributed by atoms with van der Waals surface area (Å²) >= 11 is 0. The average molecular weight is 354 g/mol. The van der Waals surface area contributed by atoms with Crippen LogP contribution < -0.4 is 10.1 Å². The zero-order valence-electron chi connectivity index (χ0n) is 16.2. The third-order valence-electron chi connectivity index (χ3n) is 4.50. The fourth-order valence-electron chi connectivity index (χ4n) is 3.19. The summed E-state index contributed by atoms with van der Waals surface area (Å²) in [5.74, 6) is 1.21. The number of ether oxygens (including phenoxy) is 1. The lowest BCUT2D eigenvalue weighted by Crippen LogP contribution is -2.03. The van der Waals surface area contributed by atoms with E-state index in [1.807, 2.05) is 32.0 Å². The first kappa shape index (κ1) is 20.1. The number of fused-ring (bicyclic) bond motifs is 1. The van der Waals surface area contributed by atoms with Gasteiger partial charge in [-0.15, -0.1) is 0 Å². The summed E-state index contributed by atoms with van der Waals surface area (Å²) in [6, 6.07) is 13.6. The second-order valence-corrected chi connectivity index (χ2v) is 6.18. The Morgan fingerprint density at radius 3 is 2.23 bits per heavy atom. The first-order chi connectivity index (χ1) is 12.8. The van der Waals surface area contributed by atoms with E-state index in [2.05, 4.69) is 23.5 Å². The van der Waals surface area contributed by atoms with Crippen LogP contribution in [0.4, 0.5) is 0 Å². The molecular weight excluding hydrogens is 322 g/mol. The highest BCUT2D eigenvalue weighted by atomic mass is 16.5. The topological polar surface area (TPSA) is 41.5 Å². The van der Waals surface area contributed by atoms with Gasteiger partial charge in [0.05, 0.1) is 7.11 Å². The molecule has 0 saturated carbocycles. The van der Waals surface area contributed by atoms with Crippen LogP contribution in [0.1, 0.15) is 49.8 Å². The zero-order valence-corrected chi connectivity index (χ0v) is 16.2. The summed E-state index contributed by atoms with van der Waals surface area (Å²) in [5.41, 5.74) is 4.97. The fraction of sp³-hybridized carbons (Fsp3) is 0.391. The molecule has 1 heterocycles. The van der Waals surface area contributed by atoms with Crippen molar-refractivity contribution in [3.63, 3.8) is 0 Å². The molecule has 2 aromatic carbocycles. The van der Waals surface area contributed by atoms with Gasteiger partial charge in [0.1, 0.15) is 11.5 Å². The number of hydrogen-bond acceptors (Lipinski definition) is 3. The van der Waals surface area contributed by atoms with E-state index in [1.54, 1.807) is 19.2 Å². The third-order valence-corrected chi connectivity index (χ3v) is 4.50. The molecule has 0 aromatic heterocycles. The van der Waals surface area contributed by atoms with Crippen molar-refractivity contribution in [2.24, 2.45) is 0 Å². The van der Waals surface area contributed by atoms with Crippen molar-refractivity contribution in [1.82, 2.24) is 5.32 Å². The van der Waals surface area contributed by atoms with Crippen LogP contribution in [-0.4, -0.2) is 25.3 Å². The van der Waals surface area contributed by atoms with Gasteiger partial charge in [0.15, 0.2) is 0 Å². The smallest absolute Gasteiger partial charge is 0.119 e. The molecular formula is C23H31NO2. The normalized spacial score (nSPS) is 14.8. The second kappa shape index (κ2) is 10.7. The minimum atomic E-state index is 0.301. The van der Waals surface area contributed by atoms with Gasteiger partial charge in [-0.3, -0.25) is 0 Å². The third kappa shape index (κ3) is 5.37. The van der Waals surface area contributed by atoms with Gasteiger partial charge in [0, 0.05) is 0 Å². The molecule has 0 unspecified atom stereocenters. The summed E-state index contributed by atoms with van der Waals surface area (Å²) in [6.45, 7) is 6.50. The van der Waals surface area contributed by atoms with Gasteiger partial charge in [-0.05, 0) is 85.3 Å². The van der Waals surface area contributed by atoms with Crippen LogP contribution in [0, 0.1) is 0 Å². The quantitative estimate of drug-likeness (QED) is 0.782. The van der Waals surface area contributed by atoms with Gasteiger partial charge in [0.25, 0.3) is 0 Å². The van der Waals surface area contributed by atoms with Gasteiger partial charge in [-0.1, -0.05) is 38.1 Å². The number of phenolic OH excluding ortho intramolecular Hbond substituents is 1. The number of methoxy groups -OCH3 is 1. The molecule has 26 heavy (non-hydrogen) atoms. The molecule has 0 radical (unpaired) electrons. The number of phenols is 1. The average Bonchev–Trinajstić information content (AvgIpc) is 3.29. The Kier molecular flexibility index (Phi) is 8.23. The predicted molar refractivity (Wildman–Crippen MR) is 110 cm³/mol. The number of nitrogens with one attached hydrogen (secondary N) is 1. The minimum Gasteiger partial charge on any atom is -0.508 e. The lowest BCUT2D eigenvalue weighted by Gasteiger charge is -2.19. The van der Waals surface area contributed by atoms with Gasteiger partial charge < -0.3 is 15.2 Å². The van der Waals surface area contributed by atoms with Gasteiger partial charge >= 0.3 is 0 Å². The fourth-order valence-corrected chi connectivity index (χ4v) is 3.19. The maximum absolute atomic E-state index is 9.38. The number of aromatic hydroxyl groups is 1. The van der Waals surface area contributed by atoms with E-state index in [1.165, 1.54) is 42.6 Å². The standard InChI is InChI=1S/C17H16O2.C4H9N.C2H6/c1-19-15-9-10-17-13(11-15)3-2-4-16(17)12-5-7-14(18)8-6-12;1-2-4-5-3-1;1-2/h4-11,18H,2-3H2,1H3;5H,1-4H2;1-2H3. The van der Waals surface area contributed by atoms with Crippen LogP contribution in [0.2, 0.25) is 0 Å². The van der Waals surface area contributed by atoms with Crippen molar-refractivity contribution in [1.29, 1.82) is 0 Å². The summed E-state index contributed by atoms with van der Waals surface area (Å²) in [5, 5.41) is 12.6. The number of allylic oxidation sites excluding steroid dienone is 1. The Bertz CT molecular complexity index is 693. The molecule has 2 aliphatic rings. The van der Waals surface area contributed by atoms with Crippen molar-refractivity contribution in [2.75, 3.05) is 20.2 Å². The molecule has 0 amide bonds. The van der Waals surface area contributed by atoms with E-state index in [9.17, 15) is 5.11 Å². The van der Waals surface area contributed by atoms with Crippen LogP contribution in [0.25, 0.3) is 5.57 Å². The number of aryl methyl sites for hydroxylation is 1. The molecule has 0 atom stereocenters. The highest BCUT2D eigenvalue weighted by Crippen LogP contribution is 2.34. The molecule has 4 rings (SSSR count). The number of hydrogen-bond donors (Lipinski definition) is 2. The van der Waals surface area contributed by atoms with Crippen molar-refractivity contribution < 1.29 is 9.84 Å². The van der Waals surface area contributed by atoms with Crippen LogP contribution in [0.15, 0.2) is 48.5 Å². The van der Waals surface area contributed by atoms with Crippen LogP contribution in [-0.2, 0) is 6.42 Å². The number of rotatable bonds is 2. The summed E-state index contributed by atoms with van der Waals surface area (Å²) in [4.78, 5) is 0. The second-order valence-electron chi connectivity index (χ2n) is 6.18. The molecule has 0 bridgehead atoms. The molecule has 1 aliphatic carbocycles. The molecule has 140 valence electrons. The first-order valence-corrected chi connectivity index (χ1v) is 9.65. The van der Waals surface area contributed by atoms with E-state index in [0.717, 1.165) is 24.2 Å². The molecule has 2 aromatic rings. The molecule has 1 saturated heterocycles. The van der Waals surface area contributed by atoms with Gasteiger partial charge in [0.2, 0.25) is 0 Å². The molecule has 1 aliphatic heterocycles. The molecule has 3 nitrogen and oxygen atoms in total. The SMILES string of the molecule is C1CCNC1.CC.COc1ccc2c(c1)CCC=C2c1ccc(O)cc1. The van der Waals surface area contributed by atoms with Crippen molar-refractivity contribution in [3.8, 4) is 11.5 Å². The lowest BCUT2D eigenvalue weighted by molar-refractivity contribution is 0.414. The van der Waals surface area contributed by atoms with E-state index in [-0.39, 0.29) is 0 Å². The van der Waals surface area contributed by atoms with E-state index in [0.29, 0.717) is 5.75 Å². The van der Waals surface area contributed by atoms with Crippen molar-refractivity contribution >= 4 is 5.57 Å². The largest absolute Gasteiger partial charge is 0.508 e. The van der Waals surface area contributed by atoms with Gasteiger partial charge in [-0.2, -0.15) is 0 Å². The Hall–Kier alpha value is -2.26.